The van der Waals surface area contributed by atoms with Crippen molar-refractivity contribution in [3.8, 4) is 0 Å². The first kappa shape index (κ1) is 12.0. The maximum Gasteiger partial charge on any atom is 0.0433 e. The second kappa shape index (κ2) is 6.47. The molecule has 0 aromatic heterocycles. The Kier molecular flexibility index (Phi) is 6.45. The van der Waals surface area contributed by atoms with Crippen LogP contribution in [0.2, 0.25) is 0 Å². The molecule has 1 N–H and O–H groups in total. The number of hydrogen-bond acceptors (Lipinski definition) is 1. The number of rotatable bonds is 6. The second-order valence-electron chi connectivity index (χ2n) is 4.49. The molecular weight excluding hydrogens is 148 g/mol. The van der Waals surface area contributed by atoms with Gasteiger partial charge in [0.1, 0.15) is 0 Å². The van der Waals surface area contributed by atoms with Crippen molar-refractivity contribution in [1.29, 1.82) is 0 Å². The van der Waals surface area contributed by atoms with Crippen molar-refractivity contribution in [3.05, 3.63) is 0 Å². The molecule has 0 rings (SSSR count). The van der Waals surface area contributed by atoms with Crippen molar-refractivity contribution < 1.29 is 5.11 Å². The van der Waals surface area contributed by atoms with Gasteiger partial charge in [0.2, 0.25) is 0 Å². The van der Waals surface area contributed by atoms with Gasteiger partial charge in [-0.25, -0.2) is 0 Å². The third-order valence-corrected chi connectivity index (χ3v) is 2.56. The quantitative estimate of drug-likeness (QED) is 0.653. The third kappa shape index (κ3) is 5.59. The Balaban J connectivity index is 3.63. The Bertz CT molecular complexity index is 97.2. The van der Waals surface area contributed by atoms with E-state index in [1.165, 1.54) is 12.8 Å². The molecule has 0 spiro atoms. The van der Waals surface area contributed by atoms with Crippen LogP contribution in [0.15, 0.2) is 0 Å². The summed E-state index contributed by atoms with van der Waals surface area (Å²) >= 11 is 0. The SMILES string of the molecule is CC(C)CC[C@@H](CCO)C(C)C. The predicted octanol–water partition coefficient (Wildman–Crippen LogP) is 3.08. The van der Waals surface area contributed by atoms with Crippen molar-refractivity contribution in [2.45, 2.75) is 47.0 Å². The lowest BCUT2D eigenvalue weighted by Crippen LogP contribution is -2.11. The van der Waals surface area contributed by atoms with Gasteiger partial charge in [0.25, 0.3) is 0 Å². The van der Waals surface area contributed by atoms with Gasteiger partial charge in [0.05, 0.1) is 0 Å². The van der Waals surface area contributed by atoms with E-state index in [1.807, 2.05) is 0 Å². The molecule has 74 valence electrons. The molecule has 0 fully saturated rings. The molecular formula is C11H24O. The van der Waals surface area contributed by atoms with Gasteiger partial charge in [-0.3, -0.25) is 0 Å². The Morgan fingerprint density at radius 1 is 0.917 bits per heavy atom. The van der Waals surface area contributed by atoms with Gasteiger partial charge in [0, 0.05) is 6.61 Å². The largest absolute Gasteiger partial charge is 0.396 e. The fraction of sp³-hybridized carbons (Fsp3) is 1.00. The number of aliphatic hydroxyl groups excluding tert-OH is 1. The molecule has 0 radical (unpaired) electrons. The molecule has 12 heavy (non-hydrogen) atoms. The van der Waals surface area contributed by atoms with Crippen molar-refractivity contribution in [2.75, 3.05) is 6.61 Å². The lowest BCUT2D eigenvalue weighted by atomic mass is 9.86. The highest BCUT2D eigenvalue weighted by Crippen LogP contribution is 2.22. The van der Waals surface area contributed by atoms with E-state index in [9.17, 15) is 0 Å². The van der Waals surface area contributed by atoms with E-state index >= 15 is 0 Å². The molecule has 0 aromatic carbocycles. The van der Waals surface area contributed by atoms with Crippen molar-refractivity contribution >= 4 is 0 Å². The summed E-state index contributed by atoms with van der Waals surface area (Å²) in [6, 6.07) is 0. The Hall–Kier alpha value is -0.0400. The zero-order valence-corrected chi connectivity index (χ0v) is 9.01. The molecule has 0 aliphatic carbocycles. The summed E-state index contributed by atoms with van der Waals surface area (Å²) in [5, 5.41) is 8.85. The van der Waals surface area contributed by atoms with Crippen LogP contribution in [-0.4, -0.2) is 11.7 Å². The first-order chi connectivity index (χ1) is 5.57. The fourth-order valence-corrected chi connectivity index (χ4v) is 1.52. The highest BCUT2D eigenvalue weighted by molar-refractivity contribution is 4.63. The van der Waals surface area contributed by atoms with Crippen LogP contribution in [0.1, 0.15) is 47.0 Å². The van der Waals surface area contributed by atoms with E-state index in [4.69, 9.17) is 5.11 Å². The molecule has 0 saturated carbocycles. The first-order valence-electron chi connectivity index (χ1n) is 5.18. The summed E-state index contributed by atoms with van der Waals surface area (Å²) < 4.78 is 0. The van der Waals surface area contributed by atoms with Crippen molar-refractivity contribution in [1.82, 2.24) is 0 Å². The van der Waals surface area contributed by atoms with E-state index in [2.05, 4.69) is 27.7 Å². The first-order valence-corrected chi connectivity index (χ1v) is 5.18. The van der Waals surface area contributed by atoms with Gasteiger partial charge in [-0.2, -0.15) is 0 Å². The molecule has 0 bridgehead atoms. The van der Waals surface area contributed by atoms with Gasteiger partial charge >= 0.3 is 0 Å². The normalized spacial score (nSPS) is 14.2. The van der Waals surface area contributed by atoms with Gasteiger partial charge in [-0.15, -0.1) is 0 Å². The highest BCUT2D eigenvalue weighted by Gasteiger charge is 2.12. The van der Waals surface area contributed by atoms with Crippen LogP contribution in [0.5, 0.6) is 0 Å². The van der Waals surface area contributed by atoms with Gasteiger partial charge < -0.3 is 5.11 Å². The van der Waals surface area contributed by atoms with E-state index in [0.717, 1.165) is 24.2 Å². The summed E-state index contributed by atoms with van der Waals surface area (Å²) in [5.41, 5.74) is 0. The maximum atomic E-state index is 8.85. The van der Waals surface area contributed by atoms with E-state index < -0.39 is 0 Å². The minimum Gasteiger partial charge on any atom is -0.396 e. The van der Waals surface area contributed by atoms with Crippen LogP contribution in [0, 0.1) is 17.8 Å². The molecule has 0 amide bonds. The second-order valence-corrected chi connectivity index (χ2v) is 4.49. The van der Waals surface area contributed by atoms with E-state index in [0.29, 0.717) is 6.61 Å². The maximum absolute atomic E-state index is 8.85. The molecule has 0 heterocycles. The minimum atomic E-state index is 0.348. The Labute approximate surface area is 77.2 Å². The summed E-state index contributed by atoms with van der Waals surface area (Å²) in [4.78, 5) is 0. The zero-order chi connectivity index (χ0) is 9.56. The van der Waals surface area contributed by atoms with Crippen LogP contribution in [0.3, 0.4) is 0 Å². The zero-order valence-electron chi connectivity index (χ0n) is 9.01. The smallest absolute Gasteiger partial charge is 0.0433 e. The van der Waals surface area contributed by atoms with Gasteiger partial charge in [0.15, 0.2) is 0 Å². The van der Waals surface area contributed by atoms with Crippen molar-refractivity contribution in [3.63, 3.8) is 0 Å². The molecule has 0 aliphatic rings. The number of hydrogen-bond donors (Lipinski definition) is 1. The summed E-state index contributed by atoms with van der Waals surface area (Å²) in [6.07, 6.45) is 3.54. The Morgan fingerprint density at radius 2 is 1.50 bits per heavy atom. The number of aliphatic hydroxyl groups is 1. The molecule has 0 saturated heterocycles. The molecule has 0 unspecified atom stereocenters. The van der Waals surface area contributed by atoms with Crippen molar-refractivity contribution in [2.24, 2.45) is 17.8 Å². The Morgan fingerprint density at radius 3 is 1.83 bits per heavy atom. The summed E-state index contributed by atoms with van der Waals surface area (Å²) in [5.74, 6) is 2.23. The van der Waals surface area contributed by atoms with Crippen LogP contribution in [0.25, 0.3) is 0 Å². The van der Waals surface area contributed by atoms with Crippen LogP contribution >= 0.6 is 0 Å². The van der Waals surface area contributed by atoms with Crippen LogP contribution in [-0.2, 0) is 0 Å². The summed E-state index contributed by atoms with van der Waals surface area (Å²) in [6.45, 7) is 9.37. The van der Waals surface area contributed by atoms with E-state index in [1.54, 1.807) is 0 Å². The molecule has 1 nitrogen and oxygen atoms in total. The minimum absolute atomic E-state index is 0.348. The predicted molar refractivity (Wildman–Crippen MR) is 54.1 cm³/mol. The topological polar surface area (TPSA) is 20.2 Å². The standard InChI is InChI=1S/C11H24O/c1-9(2)5-6-11(7-8-12)10(3)4/h9-12H,5-8H2,1-4H3/t11-/m0/s1. The van der Waals surface area contributed by atoms with Gasteiger partial charge in [-0.05, 0) is 30.6 Å². The molecule has 1 atom stereocenters. The van der Waals surface area contributed by atoms with E-state index in [-0.39, 0.29) is 0 Å². The van der Waals surface area contributed by atoms with Gasteiger partial charge in [-0.1, -0.05) is 34.1 Å². The third-order valence-electron chi connectivity index (χ3n) is 2.56. The molecule has 0 aromatic rings. The highest BCUT2D eigenvalue weighted by atomic mass is 16.3. The summed E-state index contributed by atoms with van der Waals surface area (Å²) in [7, 11) is 0. The lowest BCUT2D eigenvalue weighted by Gasteiger charge is -2.20. The van der Waals surface area contributed by atoms with Crippen LogP contribution in [0.4, 0.5) is 0 Å². The monoisotopic (exact) mass is 172 g/mol. The van der Waals surface area contributed by atoms with Crippen LogP contribution < -0.4 is 0 Å². The average molecular weight is 172 g/mol. The average Bonchev–Trinajstić information content (AvgIpc) is 1.96. The lowest BCUT2D eigenvalue weighted by molar-refractivity contribution is 0.217. The molecule has 0 aliphatic heterocycles. The molecule has 1 heteroatoms. The fourth-order valence-electron chi connectivity index (χ4n) is 1.52.